The summed E-state index contributed by atoms with van der Waals surface area (Å²) in [6, 6.07) is 54.6. The largest absolute Gasteiger partial charge is 0.455 e. The third-order valence-electron chi connectivity index (χ3n) is 11.8. The molecule has 2 atom stereocenters. The SMILES string of the molecule is C1=CCCC(C2N=C(c3ccccc3)NC(c3ccc4oc5c(-c6ccc7c(c6)sc6cccc(-n8c9ccccc9c9ccccc98)c67)cccc5c4c3)N2)=C1. The van der Waals surface area contributed by atoms with Gasteiger partial charge in [0.15, 0.2) is 0 Å². The van der Waals surface area contributed by atoms with Crippen LogP contribution in [0.4, 0.5) is 0 Å². The summed E-state index contributed by atoms with van der Waals surface area (Å²) in [5, 5.41) is 14.8. The van der Waals surface area contributed by atoms with Crippen LogP contribution in [0.1, 0.15) is 30.1 Å². The molecule has 1 aliphatic carbocycles. The van der Waals surface area contributed by atoms with Crippen molar-refractivity contribution >= 4 is 81.1 Å². The number of fused-ring (bicyclic) bond motifs is 9. The van der Waals surface area contributed by atoms with Crippen LogP contribution < -0.4 is 10.6 Å². The molecule has 0 saturated heterocycles. The summed E-state index contributed by atoms with van der Waals surface area (Å²) in [6.07, 6.45) is 8.38. The van der Waals surface area contributed by atoms with E-state index in [1.165, 1.54) is 53.2 Å². The van der Waals surface area contributed by atoms with Crippen molar-refractivity contribution in [1.29, 1.82) is 0 Å². The van der Waals surface area contributed by atoms with Crippen LogP contribution in [0, 0.1) is 0 Å². The second kappa shape index (κ2) is 12.9. The molecule has 2 aliphatic rings. The normalized spacial score (nSPS) is 17.2. The first-order valence-electron chi connectivity index (χ1n) is 19.7. The van der Waals surface area contributed by atoms with E-state index in [1.807, 2.05) is 17.4 Å². The number of aromatic nitrogens is 1. The predicted octanol–water partition coefficient (Wildman–Crippen LogP) is 13.0. The van der Waals surface area contributed by atoms with E-state index in [1.54, 1.807) is 0 Å². The van der Waals surface area contributed by atoms with Crippen molar-refractivity contribution in [3.05, 3.63) is 187 Å². The molecule has 1 aliphatic heterocycles. The Morgan fingerprint density at radius 2 is 1.44 bits per heavy atom. The molecule has 272 valence electrons. The lowest BCUT2D eigenvalue weighted by molar-refractivity contribution is 0.425. The van der Waals surface area contributed by atoms with Gasteiger partial charge in [-0.25, -0.2) is 4.99 Å². The average Bonchev–Trinajstić information content (AvgIpc) is 3.96. The Bertz CT molecular complexity index is 3270. The van der Waals surface area contributed by atoms with Gasteiger partial charge in [-0.1, -0.05) is 127 Å². The van der Waals surface area contributed by atoms with Crippen molar-refractivity contribution in [3.8, 4) is 16.8 Å². The van der Waals surface area contributed by atoms with E-state index in [4.69, 9.17) is 9.41 Å². The number of rotatable bonds is 5. The van der Waals surface area contributed by atoms with Gasteiger partial charge in [0.25, 0.3) is 0 Å². The standard InChI is InChI=1S/C51H36N4OS/c1-3-13-31(14-4-1)49-52-50(32-15-5-2-6-16-32)54-51(53-49)34-26-28-44-40(29-34)38-20-11-19-35(48(38)56-44)33-25-27-39-46(30-33)57-45-24-12-23-43(47(39)45)55-41-21-9-7-17-36(41)37-18-8-10-22-42(37)55/h1-5,7-15,17-30,50-51,54H,6,16H2,(H,52,53). The first-order chi connectivity index (χ1) is 28.2. The zero-order chi connectivity index (χ0) is 37.5. The Labute approximate surface area is 332 Å². The summed E-state index contributed by atoms with van der Waals surface area (Å²) < 4.78 is 11.7. The van der Waals surface area contributed by atoms with E-state index in [2.05, 4.69) is 179 Å². The zero-order valence-corrected chi connectivity index (χ0v) is 31.8. The fourth-order valence-corrected chi connectivity index (χ4v) is 10.2. The van der Waals surface area contributed by atoms with Crippen LogP contribution >= 0.6 is 11.3 Å². The number of hydrogen-bond donors (Lipinski definition) is 2. The summed E-state index contributed by atoms with van der Waals surface area (Å²) in [5.74, 6) is 0.901. The van der Waals surface area contributed by atoms with Crippen LogP contribution in [0.2, 0.25) is 0 Å². The van der Waals surface area contributed by atoms with Gasteiger partial charge in [0.2, 0.25) is 0 Å². The summed E-state index contributed by atoms with van der Waals surface area (Å²) in [4.78, 5) is 5.15. The number of benzene rings is 7. The van der Waals surface area contributed by atoms with E-state index in [-0.39, 0.29) is 12.3 Å². The highest BCUT2D eigenvalue weighted by atomic mass is 32.1. The molecule has 0 saturated carbocycles. The van der Waals surface area contributed by atoms with Gasteiger partial charge >= 0.3 is 0 Å². The average molecular weight is 753 g/mol. The number of hydrogen-bond acceptors (Lipinski definition) is 5. The highest BCUT2D eigenvalue weighted by molar-refractivity contribution is 7.26. The lowest BCUT2D eigenvalue weighted by Crippen LogP contribution is -2.49. The highest BCUT2D eigenvalue weighted by Crippen LogP contribution is 2.44. The maximum absolute atomic E-state index is 6.73. The van der Waals surface area contributed by atoms with Gasteiger partial charge in [-0.3, -0.25) is 5.32 Å². The molecule has 7 aromatic carbocycles. The van der Waals surface area contributed by atoms with Gasteiger partial charge in [0.1, 0.15) is 29.3 Å². The lowest BCUT2D eigenvalue weighted by atomic mass is 9.99. The summed E-state index contributed by atoms with van der Waals surface area (Å²) in [6.45, 7) is 0. The monoisotopic (exact) mass is 752 g/mol. The molecule has 4 heterocycles. The Hall–Kier alpha value is -6.73. The first kappa shape index (κ1) is 32.5. The number of furan rings is 1. The third kappa shape index (κ3) is 5.22. The minimum absolute atomic E-state index is 0.110. The van der Waals surface area contributed by atoms with Gasteiger partial charge < -0.3 is 14.3 Å². The Morgan fingerprint density at radius 3 is 2.26 bits per heavy atom. The molecule has 0 bridgehead atoms. The number of aliphatic imine (C=N–C) groups is 1. The molecular formula is C51H36N4OS. The van der Waals surface area contributed by atoms with E-state index in [0.717, 1.165) is 62.9 Å². The number of para-hydroxylation sites is 3. The van der Waals surface area contributed by atoms with Gasteiger partial charge in [-0.15, -0.1) is 11.3 Å². The Balaban J connectivity index is 0.948. The van der Waals surface area contributed by atoms with Crippen molar-refractivity contribution in [2.24, 2.45) is 4.99 Å². The highest BCUT2D eigenvalue weighted by Gasteiger charge is 2.27. The van der Waals surface area contributed by atoms with Crippen LogP contribution in [0.5, 0.6) is 0 Å². The quantitative estimate of drug-likeness (QED) is 0.184. The number of amidine groups is 1. The van der Waals surface area contributed by atoms with Crippen molar-refractivity contribution in [3.63, 3.8) is 0 Å². The zero-order valence-electron chi connectivity index (χ0n) is 30.9. The molecule has 0 amide bonds. The molecule has 10 aromatic rings. The van der Waals surface area contributed by atoms with Crippen molar-refractivity contribution < 1.29 is 4.42 Å². The number of nitrogens with one attached hydrogen (secondary N) is 2. The van der Waals surface area contributed by atoms with Gasteiger partial charge in [0.05, 0.1) is 16.7 Å². The molecule has 0 spiro atoms. The van der Waals surface area contributed by atoms with Crippen LogP contribution in [0.15, 0.2) is 185 Å². The molecular weight excluding hydrogens is 717 g/mol. The number of allylic oxidation sites excluding steroid dienone is 3. The predicted molar refractivity (Wildman–Crippen MR) is 239 cm³/mol. The Kier molecular flexibility index (Phi) is 7.37. The second-order valence-corrected chi connectivity index (χ2v) is 16.2. The second-order valence-electron chi connectivity index (χ2n) is 15.1. The molecule has 0 fully saturated rings. The number of nitrogens with zero attached hydrogens (tertiary/aromatic N) is 2. The van der Waals surface area contributed by atoms with Crippen molar-refractivity contribution in [1.82, 2.24) is 15.2 Å². The molecule has 57 heavy (non-hydrogen) atoms. The molecule has 5 nitrogen and oxygen atoms in total. The smallest absolute Gasteiger partial charge is 0.143 e. The van der Waals surface area contributed by atoms with Gasteiger partial charge in [-0.2, -0.15) is 0 Å². The van der Waals surface area contributed by atoms with E-state index < -0.39 is 0 Å². The van der Waals surface area contributed by atoms with Crippen LogP contribution in [-0.2, 0) is 0 Å². The summed E-state index contributed by atoms with van der Waals surface area (Å²) in [5.41, 5.74) is 11.2. The fraction of sp³-hybridized carbons (Fsp3) is 0.0784. The maximum Gasteiger partial charge on any atom is 0.143 e. The summed E-state index contributed by atoms with van der Waals surface area (Å²) in [7, 11) is 0. The van der Waals surface area contributed by atoms with E-state index in [0.29, 0.717) is 0 Å². The minimum atomic E-state index is -0.130. The van der Waals surface area contributed by atoms with Crippen molar-refractivity contribution in [2.75, 3.05) is 0 Å². The number of thiophene rings is 1. The van der Waals surface area contributed by atoms with Crippen LogP contribution in [0.25, 0.3) is 80.7 Å². The van der Waals surface area contributed by atoms with Crippen LogP contribution in [0.3, 0.4) is 0 Å². The first-order valence-corrected chi connectivity index (χ1v) is 20.5. The maximum atomic E-state index is 6.73. The van der Waals surface area contributed by atoms with Crippen molar-refractivity contribution in [2.45, 2.75) is 25.2 Å². The molecule has 12 rings (SSSR count). The van der Waals surface area contributed by atoms with Crippen LogP contribution in [-0.4, -0.2) is 16.6 Å². The molecule has 0 radical (unpaired) electrons. The molecule has 2 unspecified atom stereocenters. The Morgan fingerprint density at radius 1 is 0.649 bits per heavy atom. The third-order valence-corrected chi connectivity index (χ3v) is 12.9. The van der Waals surface area contributed by atoms with Gasteiger partial charge in [-0.05, 0) is 72.0 Å². The summed E-state index contributed by atoms with van der Waals surface area (Å²) >= 11 is 1.85. The molecule has 2 N–H and O–H groups in total. The minimum Gasteiger partial charge on any atom is -0.455 e. The van der Waals surface area contributed by atoms with E-state index in [9.17, 15) is 0 Å². The van der Waals surface area contributed by atoms with E-state index >= 15 is 0 Å². The fourth-order valence-electron chi connectivity index (χ4n) is 9.08. The molecule has 3 aromatic heterocycles. The topological polar surface area (TPSA) is 54.5 Å². The molecule has 6 heteroatoms. The lowest BCUT2D eigenvalue weighted by Gasteiger charge is -2.33. The van der Waals surface area contributed by atoms with Gasteiger partial charge in [0, 0.05) is 52.8 Å².